The van der Waals surface area contributed by atoms with E-state index in [2.05, 4.69) is 21.6 Å². The lowest BCUT2D eigenvalue weighted by molar-refractivity contribution is -0.141. The molecule has 4 rings (SSSR count). The van der Waals surface area contributed by atoms with E-state index in [9.17, 15) is 9.59 Å². The van der Waals surface area contributed by atoms with Crippen LogP contribution in [0.3, 0.4) is 0 Å². The number of amides is 2. The SMILES string of the molecule is Cc1ccc(-c2cnn(CC(=O)N(CC3=CC=CC3)C(C(=O)NC(C)(C)C)c3ccc(C)cc3)n2)cc1. The Bertz CT molecular complexity index is 1310. The molecule has 37 heavy (non-hydrogen) atoms. The van der Waals surface area contributed by atoms with Gasteiger partial charge in [0.2, 0.25) is 11.8 Å². The van der Waals surface area contributed by atoms with Crippen LogP contribution in [0.15, 0.2) is 78.5 Å². The lowest BCUT2D eigenvalue weighted by Crippen LogP contribution is -2.50. The van der Waals surface area contributed by atoms with E-state index in [1.165, 1.54) is 4.80 Å². The number of hydrogen-bond donors (Lipinski definition) is 1. The predicted molar refractivity (Wildman–Crippen MR) is 146 cm³/mol. The van der Waals surface area contributed by atoms with Crippen molar-refractivity contribution in [2.75, 3.05) is 6.54 Å². The minimum absolute atomic E-state index is 0.0717. The van der Waals surface area contributed by atoms with Gasteiger partial charge in [-0.2, -0.15) is 15.0 Å². The van der Waals surface area contributed by atoms with Gasteiger partial charge in [-0.1, -0.05) is 77.9 Å². The lowest BCUT2D eigenvalue weighted by atomic mass is 9.99. The summed E-state index contributed by atoms with van der Waals surface area (Å²) in [4.78, 5) is 30.5. The number of aryl methyl sites for hydroxylation is 2. The molecule has 0 bridgehead atoms. The van der Waals surface area contributed by atoms with Crippen LogP contribution in [-0.4, -0.2) is 43.8 Å². The maximum absolute atomic E-state index is 13.8. The Morgan fingerprint density at radius 2 is 1.68 bits per heavy atom. The molecule has 0 radical (unpaired) electrons. The topological polar surface area (TPSA) is 80.1 Å². The molecule has 7 nitrogen and oxygen atoms in total. The second kappa shape index (κ2) is 10.9. The van der Waals surface area contributed by atoms with Crippen molar-refractivity contribution < 1.29 is 9.59 Å². The molecule has 0 spiro atoms. The molecule has 192 valence electrons. The van der Waals surface area contributed by atoms with Gasteiger partial charge in [0, 0.05) is 17.6 Å². The van der Waals surface area contributed by atoms with Gasteiger partial charge in [0.1, 0.15) is 18.3 Å². The van der Waals surface area contributed by atoms with E-state index in [-0.39, 0.29) is 18.4 Å². The van der Waals surface area contributed by atoms with Crippen molar-refractivity contribution >= 4 is 11.8 Å². The number of benzene rings is 2. The second-order valence-electron chi connectivity index (χ2n) is 10.7. The summed E-state index contributed by atoms with van der Waals surface area (Å²) in [6.45, 7) is 10.1. The summed E-state index contributed by atoms with van der Waals surface area (Å²) in [5.74, 6) is -0.446. The van der Waals surface area contributed by atoms with E-state index in [1.54, 1.807) is 11.1 Å². The number of carbonyl (C=O) groups excluding carboxylic acids is 2. The minimum Gasteiger partial charge on any atom is -0.349 e. The van der Waals surface area contributed by atoms with E-state index in [4.69, 9.17) is 0 Å². The average molecular weight is 498 g/mol. The monoisotopic (exact) mass is 497 g/mol. The van der Waals surface area contributed by atoms with Gasteiger partial charge in [-0.25, -0.2) is 0 Å². The Morgan fingerprint density at radius 1 is 1.03 bits per heavy atom. The summed E-state index contributed by atoms with van der Waals surface area (Å²) < 4.78 is 0. The Morgan fingerprint density at radius 3 is 2.27 bits per heavy atom. The fourth-order valence-corrected chi connectivity index (χ4v) is 4.25. The highest BCUT2D eigenvalue weighted by molar-refractivity contribution is 5.89. The number of rotatable bonds is 8. The van der Waals surface area contributed by atoms with E-state index in [0.29, 0.717) is 12.2 Å². The molecule has 0 fully saturated rings. The first-order valence-electron chi connectivity index (χ1n) is 12.6. The normalized spacial score (nSPS) is 13.8. The van der Waals surface area contributed by atoms with Crippen LogP contribution in [0.5, 0.6) is 0 Å². The molecule has 7 heteroatoms. The van der Waals surface area contributed by atoms with Crippen LogP contribution in [-0.2, 0) is 16.1 Å². The Kier molecular flexibility index (Phi) is 7.71. The van der Waals surface area contributed by atoms with Crippen LogP contribution in [0.2, 0.25) is 0 Å². The van der Waals surface area contributed by atoms with Gasteiger partial charge in [0.25, 0.3) is 0 Å². The van der Waals surface area contributed by atoms with Crippen molar-refractivity contribution in [2.24, 2.45) is 0 Å². The first-order chi connectivity index (χ1) is 17.6. The van der Waals surface area contributed by atoms with Crippen molar-refractivity contribution in [1.29, 1.82) is 0 Å². The minimum atomic E-state index is -0.791. The fraction of sp³-hybridized carbons (Fsp3) is 0.333. The summed E-state index contributed by atoms with van der Waals surface area (Å²) >= 11 is 0. The molecule has 1 atom stereocenters. The number of allylic oxidation sites excluding steroid dienone is 3. The molecule has 0 saturated carbocycles. The van der Waals surface area contributed by atoms with E-state index < -0.39 is 11.6 Å². The van der Waals surface area contributed by atoms with E-state index in [0.717, 1.165) is 34.2 Å². The third kappa shape index (κ3) is 6.82. The zero-order chi connectivity index (χ0) is 26.6. The third-order valence-corrected chi connectivity index (χ3v) is 6.15. The van der Waals surface area contributed by atoms with Gasteiger partial charge in [-0.15, -0.1) is 0 Å². The Hall–Kier alpha value is -4.00. The summed E-state index contributed by atoms with van der Waals surface area (Å²) in [6, 6.07) is 15.0. The largest absolute Gasteiger partial charge is 0.349 e. The van der Waals surface area contributed by atoms with Gasteiger partial charge < -0.3 is 10.2 Å². The molecular weight excluding hydrogens is 462 g/mol. The van der Waals surface area contributed by atoms with Crippen LogP contribution >= 0.6 is 0 Å². The molecule has 1 aliphatic carbocycles. The number of aromatic nitrogens is 3. The number of carbonyl (C=O) groups is 2. The maximum atomic E-state index is 13.8. The zero-order valence-electron chi connectivity index (χ0n) is 22.2. The highest BCUT2D eigenvalue weighted by atomic mass is 16.2. The maximum Gasteiger partial charge on any atom is 0.247 e. The van der Waals surface area contributed by atoms with Gasteiger partial charge in [-0.3, -0.25) is 9.59 Å². The van der Waals surface area contributed by atoms with Crippen molar-refractivity contribution in [3.8, 4) is 11.3 Å². The molecule has 1 unspecified atom stereocenters. The molecule has 1 aliphatic rings. The first kappa shape index (κ1) is 26.1. The average Bonchev–Trinajstić information content (AvgIpc) is 3.51. The van der Waals surface area contributed by atoms with Crippen LogP contribution in [0.1, 0.15) is 49.9 Å². The van der Waals surface area contributed by atoms with Crippen molar-refractivity contribution in [2.45, 2.75) is 59.2 Å². The summed E-state index contributed by atoms with van der Waals surface area (Å²) in [7, 11) is 0. The summed E-state index contributed by atoms with van der Waals surface area (Å²) in [5, 5.41) is 12.0. The first-order valence-corrected chi connectivity index (χ1v) is 12.6. The molecule has 2 amide bonds. The van der Waals surface area contributed by atoms with E-state index >= 15 is 0 Å². The van der Waals surface area contributed by atoms with Crippen molar-refractivity contribution in [3.05, 3.63) is 95.2 Å². The highest BCUT2D eigenvalue weighted by Gasteiger charge is 2.34. The smallest absolute Gasteiger partial charge is 0.247 e. The van der Waals surface area contributed by atoms with Gasteiger partial charge >= 0.3 is 0 Å². The number of nitrogens with zero attached hydrogens (tertiary/aromatic N) is 4. The third-order valence-electron chi connectivity index (χ3n) is 6.15. The van der Waals surface area contributed by atoms with Crippen LogP contribution in [0.4, 0.5) is 0 Å². The van der Waals surface area contributed by atoms with Crippen molar-refractivity contribution in [3.63, 3.8) is 0 Å². The second-order valence-corrected chi connectivity index (χ2v) is 10.7. The molecule has 0 saturated heterocycles. The quantitative estimate of drug-likeness (QED) is 0.478. The standard InChI is InChI=1S/C30H35N5O2/c1-21-10-14-24(15-11-21)26-18-31-35(33-26)20-27(36)34(19-23-8-6-7-9-23)28(29(37)32-30(3,4)5)25-16-12-22(2)13-17-25/h6-8,10-18,28H,9,19-20H2,1-5H3,(H,32,37). The Balaban J connectivity index is 1.65. The summed E-state index contributed by atoms with van der Waals surface area (Å²) in [5.41, 5.74) is 5.27. The van der Waals surface area contributed by atoms with Gasteiger partial charge in [0.15, 0.2) is 0 Å². The summed E-state index contributed by atoms with van der Waals surface area (Å²) in [6.07, 6.45) is 8.46. The predicted octanol–water partition coefficient (Wildman–Crippen LogP) is 4.93. The molecule has 1 heterocycles. The highest BCUT2D eigenvalue weighted by Crippen LogP contribution is 2.26. The number of nitrogens with one attached hydrogen (secondary N) is 1. The molecule has 1 aromatic heterocycles. The Labute approximate surface area is 218 Å². The molecular formula is C30H35N5O2. The van der Waals surface area contributed by atoms with E-state index in [1.807, 2.05) is 95.3 Å². The lowest BCUT2D eigenvalue weighted by Gasteiger charge is -2.34. The van der Waals surface area contributed by atoms with Crippen LogP contribution in [0.25, 0.3) is 11.3 Å². The fourth-order valence-electron chi connectivity index (χ4n) is 4.25. The van der Waals surface area contributed by atoms with Crippen LogP contribution < -0.4 is 5.32 Å². The van der Waals surface area contributed by atoms with Crippen LogP contribution in [0, 0.1) is 13.8 Å². The van der Waals surface area contributed by atoms with Gasteiger partial charge in [0.05, 0.1) is 6.20 Å². The molecule has 3 aromatic rings. The molecule has 0 aliphatic heterocycles. The van der Waals surface area contributed by atoms with Crippen molar-refractivity contribution in [1.82, 2.24) is 25.2 Å². The number of hydrogen-bond acceptors (Lipinski definition) is 4. The molecule has 2 aromatic carbocycles. The zero-order valence-corrected chi connectivity index (χ0v) is 22.2. The molecule has 1 N–H and O–H groups in total. The van der Waals surface area contributed by atoms with Gasteiger partial charge in [-0.05, 0) is 52.2 Å².